The molecule has 0 aliphatic heterocycles. The predicted molar refractivity (Wildman–Crippen MR) is 118 cm³/mol. The summed E-state index contributed by atoms with van der Waals surface area (Å²) in [7, 11) is 1.29. The number of nitrogens with one attached hydrogen (secondary N) is 2. The molecule has 152 valence electrons. The fraction of sp³-hybridized carbons (Fsp3) is 0.200. The van der Waals surface area contributed by atoms with Gasteiger partial charge in [0, 0.05) is 36.1 Å². The summed E-state index contributed by atoms with van der Waals surface area (Å²) in [5.41, 5.74) is 8.17. The second-order valence-electron chi connectivity index (χ2n) is 6.42. The SMILES string of the molecule is COC(=O)C(Cc1c[nH]c2ccc(Oc3c(Br)cc(N)cc3Br)cc12)NC(C)=O. The van der Waals surface area contributed by atoms with Crippen LogP contribution >= 0.6 is 31.9 Å². The van der Waals surface area contributed by atoms with Crippen LogP contribution in [0.5, 0.6) is 11.5 Å². The van der Waals surface area contributed by atoms with E-state index in [0.717, 1.165) is 25.4 Å². The molecular weight excluding hydrogens is 506 g/mol. The van der Waals surface area contributed by atoms with Gasteiger partial charge >= 0.3 is 5.97 Å². The maximum atomic E-state index is 12.0. The molecule has 2 aromatic carbocycles. The van der Waals surface area contributed by atoms with E-state index in [9.17, 15) is 9.59 Å². The zero-order valence-electron chi connectivity index (χ0n) is 15.7. The summed E-state index contributed by atoms with van der Waals surface area (Å²) in [6, 6.07) is 8.34. The highest BCUT2D eigenvalue weighted by Gasteiger charge is 2.22. The van der Waals surface area contributed by atoms with Gasteiger partial charge in [0.05, 0.1) is 16.1 Å². The molecule has 4 N–H and O–H groups in total. The number of hydrogen-bond donors (Lipinski definition) is 3. The number of halogens is 2. The smallest absolute Gasteiger partial charge is 0.328 e. The van der Waals surface area contributed by atoms with Crippen molar-refractivity contribution in [3.63, 3.8) is 0 Å². The van der Waals surface area contributed by atoms with Crippen molar-refractivity contribution in [3.05, 3.63) is 51.0 Å². The first-order valence-electron chi connectivity index (χ1n) is 8.65. The number of aromatic amines is 1. The number of benzene rings is 2. The molecule has 0 saturated heterocycles. The monoisotopic (exact) mass is 523 g/mol. The van der Waals surface area contributed by atoms with E-state index in [2.05, 4.69) is 42.2 Å². The Morgan fingerprint density at radius 3 is 2.52 bits per heavy atom. The number of ether oxygens (including phenoxy) is 2. The highest BCUT2D eigenvalue weighted by Crippen LogP contribution is 2.39. The Bertz CT molecular complexity index is 1060. The van der Waals surface area contributed by atoms with Crippen molar-refractivity contribution in [3.8, 4) is 11.5 Å². The highest BCUT2D eigenvalue weighted by atomic mass is 79.9. The molecule has 1 unspecified atom stereocenters. The van der Waals surface area contributed by atoms with Crippen molar-refractivity contribution in [1.29, 1.82) is 0 Å². The van der Waals surface area contributed by atoms with Crippen molar-refractivity contribution >= 4 is 60.3 Å². The zero-order valence-corrected chi connectivity index (χ0v) is 18.9. The molecule has 0 bridgehead atoms. The lowest BCUT2D eigenvalue weighted by Crippen LogP contribution is -2.41. The molecular formula is C20H19Br2N3O4. The topological polar surface area (TPSA) is 106 Å². The first-order chi connectivity index (χ1) is 13.8. The van der Waals surface area contributed by atoms with Crippen LogP contribution in [0.3, 0.4) is 0 Å². The van der Waals surface area contributed by atoms with E-state index < -0.39 is 12.0 Å². The van der Waals surface area contributed by atoms with Crippen LogP contribution in [0.4, 0.5) is 5.69 Å². The number of hydrogen-bond acceptors (Lipinski definition) is 5. The van der Waals surface area contributed by atoms with Crippen molar-refractivity contribution in [2.75, 3.05) is 12.8 Å². The first-order valence-corrected chi connectivity index (χ1v) is 10.2. The third-order valence-electron chi connectivity index (χ3n) is 4.27. The molecule has 0 aliphatic carbocycles. The van der Waals surface area contributed by atoms with Crippen LogP contribution < -0.4 is 15.8 Å². The van der Waals surface area contributed by atoms with Gasteiger partial charge in [-0.1, -0.05) is 0 Å². The number of carbonyl (C=O) groups excluding carboxylic acids is 2. The fourth-order valence-corrected chi connectivity index (χ4v) is 4.37. The zero-order chi connectivity index (χ0) is 21.1. The Morgan fingerprint density at radius 2 is 1.90 bits per heavy atom. The van der Waals surface area contributed by atoms with Gasteiger partial charge in [-0.25, -0.2) is 4.79 Å². The third-order valence-corrected chi connectivity index (χ3v) is 5.44. The number of aromatic nitrogens is 1. The van der Waals surface area contributed by atoms with Gasteiger partial charge in [-0.15, -0.1) is 0 Å². The number of nitrogens with two attached hydrogens (primary N) is 1. The predicted octanol–water partition coefficient (Wildman–Crippen LogP) is 4.29. The van der Waals surface area contributed by atoms with Gasteiger partial charge in [0.1, 0.15) is 11.8 Å². The Morgan fingerprint density at radius 1 is 1.21 bits per heavy atom. The molecule has 1 amide bonds. The summed E-state index contributed by atoms with van der Waals surface area (Å²) in [4.78, 5) is 26.6. The lowest BCUT2D eigenvalue weighted by Gasteiger charge is -2.15. The van der Waals surface area contributed by atoms with Crippen LogP contribution in [0.15, 0.2) is 45.5 Å². The minimum absolute atomic E-state index is 0.283. The van der Waals surface area contributed by atoms with E-state index >= 15 is 0 Å². The second-order valence-corrected chi connectivity index (χ2v) is 8.13. The number of rotatable bonds is 6. The van der Waals surface area contributed by atoms with E-state index in [0.29, 0.717) is 17.2 Å². The molecule has 3 rings (SSSR count). The molecule has 9 heteroatoms. The Balaban J connectivity index is 1.92. The van der Waals surface area contributed by atoms with Crippen LogP contribution in [-0.4, -0.2) is 30.0 Å². The van der Waals surface area contributed by atoms with Gasteiger partial charge < -0.3 is 25.5 Å². The molecule has 0 saturated carbocycles. The van der Waals surface area contributed by atoms with Gasteiger partial charge in [-0.05, 0) is 67.8 Å². The highest BCUT2D eigenvalue weighted by molar-refractivity contribution is 9.11. The van der Waals surface area contributed by atoms with Crippen LogP contribution in [0.25, 0.3) is 10.9 Å². The Kier molecular flexibility index (Phi) is 6.49. The van der Waals surface area contributed by atoms with Crippen LogP contribution in [-0.2, 0) is 20.7 Å². The molecule has 29 heavy (non-hydrogen) atoms. The average Bonchev–Trinajstić information content (AvgIpc) is 3.05. The molecule has 0 spiro atoms. The van der Waals surface area contributed by atoms with E-state index in [-0.39, 0.29) is 12.3 Å². The van der Waals surface area contributed by atoms with Crippen molar-refractivity contribution < 1.29 is 19.1 Å². The number of nitrogen functional groups attached to an aromatic ring is 1. The molecule has 0 fully saturated rings. The van der Waals surface area contributed by atoms with Gasteiger partial charge in [0.2, 0.25) is 5.91 Å². The van der Waals surface area contributed by atoms with Crippen molar-refractivity contribution in [2.24, 2.45) is 0 Å². The summed E-state index contributed by atoms with van der Waals surface area (Å²) in [6.45, 7) is 1.36. The van der Waals surface area contributed by atoms with Crippen LogP contribution in [0.2, 0.25) is 0 Å². The molecule has 7 nitrogen and oxygen atoms in total. The largest absolute Gasteiger partial charge is 0.467 e. The first kappa shape index (κ1) is 21.2. The minimum Gasteiger partial charge on any atom is -0.467 e. The normalized spacial score (nSPS) is 11.9. The molecule has 1 atom stereocenters. The third kappa shape index (κ3) is 4.91. The van der Waals surface area contributed by atoms with Crippen molar-refractivity contribution in [1.82, 2.24) is 10.3 Å². The Labute approximate surface area is 184 Å². The van der Waals surface area contributed by atoms with Gasteiger partial charge in [0.25, 0.3) is 0 Å². The summed E-state index contributed by atoms with van der Waals surface area (Å²) in [5.74, 6) is 0.402. The fourth-order valence-electron chi connectivity index (χ4n) is 2.99. The van der Waals surface area contributed by atoms with Crippen LogP contribution in [0, 0.1) is 0 Å². The van der Waals surface area contributed by atoms with Crippen molar-refractivity contribution in [2.45, 2.75) is 19.4 Å². The van der Waals surface area contributed by atoms with Gasteiger partial charge in [0.15, 0.2) is 5.75 Å². The maximum absolute atomic E-state index is 12.0. The Hall–Kier alpha value is -2.52. The summed E-state index contributed by atoms with van der Waals surface area (Å²) in [5, 5.41) is 3.50. The molecule has 0 aliphatic rings. The summed E-state index contributed by atoms with van der Waals surface area (Å²) >= 11 is 6.92. The average molecular weight is 525 g/mol. The number of anilines is 1. The second kappa shape index (κ2) is 8.87. The summed E-state index contributed by atoms with van der Waals surface area (Å²) < 4.78 is 12.3. The van der Waals surface area contributed by atoms with E-state index in [1.807, 2.05) is 18.2 Å². The summed E-state index contributed by atoms with van der Waals surface area (Å²) in [6.07, 6.45) is 2.09. The number of esters is 1. The number of amides is 1. The standard InChI is InChI=1S/C20H19Br2N3O4/c1-10(26)25-18(20(27)28-2)5-11-9-24-17-4-3-13(8-14(11)17)29-19-15(21)6-12(23)7-16(19)22/h3-4,6-9,18,24H,5,23H2,1-2H3,(H,25,26). The van der Waals surface area contributed by atoms with E-state index in [1.54, 1.807) is 18.3 Å². The lowest BCUT2D eigenvalue weighted by molar-refractivity contribution is -0.144. The number of carbonyl (C=O) groups is 2. The maximum Gasteiger partial charge on any atom is 0.328 e. The molecule has 1 heterocycles. The number of methoxy groups -OCH3 is 1. The lowest BCUT2D eigenvalue weighted by atomic mass is 10.0. The number of fused-ring (bicyclic) bond motifs is 1. The number of H-pyrrole nitrogens is 1. The van der Waals surface area contributed by atoms with Crippen LogP contribution in [0.1, 0.15) is 12.5 Å². The van der Waals surface area contributed by atoms with Gasteiger partial charge in [-0.3, -0.25) is 4.79 Å². The van der Waals surface area contributed by atoms with E-state index in [4.69, 9.17) is 15.2 Å². The van der Waals surface area contributed by atoms with Gasteiger partial charge in [-0.2, -0.15) is 0 Å². The minimum atomic E-state index is -0.776. The molecule has 0 radical (unpaired) electrons. The molecule has 1 aromatic heterocycles. The van der Waals surface area contributed by atoms with E-state index in [1.165, 1.54) is 14.0 Å². The molecule has 3 aromatic rings. The quantitative estimate of drug-likeness (QED) is 0.329.